The molecule has 2 fully saturated rings. The highest BCUT2D eigenvalue weighted by atomic mass is 16.1. The van der Waals surface area contributed by atoms with E-state index in [1.54, 1.807) is 0 Å². The Morgan fingerprint density at radius 3 is 3.17 bits per heavy atom. The van der Waals surface area contributed by atoms with Gasteiger partial charge in [-0.2, -0.15) is 0 Å². The summed E-state index contributed by atoms with van der Waals surface area (Å²) in [5.41, 5.74) is 0. The van der Waals surface area contributed by atoms with Gasteiger partial charge < -0.3 is 9.80 Å². The molecule has 2 atom stereocenters. The number of hydrogen-bond acceptors (Lipinski definition) is 1. The van der Waals surface area contributed by atoms with Crippen molar-refractivity contribution in [3.05, 3.63) is 0 Å². The minimum Gasteiger partial charge on any atom is -0.350 e. The fourth-order valence-corrected chi connectivity index (χ4v) is 2.54. The number of quaternary nitrogens is 1. The highest BCUT2D eigenvalue weighted by Crippen LogP contribution is 2.27. The van der Waals surface area contributed by atoms with E-state index in [4.69, 9.17) is 0 Å². The second-order valence-electron chi connectivity index (χ2n) is 4.28. The topological polar surface area (TPSA) is 29.1 Å². The number of carbonyl (C=O) groups excluding carboxylic acids is 1. The van der Waals surface area contributed by atoms with Gasteiger partial charge >= 0.3 is 0 Å². The van der Waals surface area contributed by atoms with Crippen LogP contribution in [-0.4, -0.2) is 43.1 Å². The SMILES string of the molecule is C[N@@+]12CCC[C@H]1CC(=O)NCC2. The van der Waals surface area contributed by atoms with Gasteiger partial charge in [-0.1, -0.05) is 0 Å². The summed E-state index contributed by atoms with van der Waals surface area (Å²) in [6, 6.07) is 0.604. The molecule has 12 heavy (non-hydrogen) atoms. The second kappa shape index (κ2) is 2.73. The molecule has 2 saturated heterocycles. The first-order valence-electron chi connectivity index (χ1n) is 4.82. The highest BCUT2D eigenvalue weighted by Gasteiger charge is 2.40. The van der Waals surface area contributed by atoms with Crippen LogP contribution in [0.2, 0.25) is 0 Å². The van der Waals surface area contributed by atoms with E-state index in [1.165, 1.54) is 19.4 Å². The first kappa shape index (κ1) is 8.05. The van der Waals surface area contributed by atoms with Crippen molar-refractivity contribution >= 4 is 5.91 Å². The average molecular weight is 169 g/mol. The summed E-state index contributed by atoms with van der Waals surface area (Å²) in [6.45, 7) is 3.25. The predicted molar refractivity (Wildman–Crippen MR) is 46.6 cm³/mol. The third kappa shape index (κ3) is 1.22. The van der Waals surface area contributed by atoms with E-state index in [1.807, 2.05) is 0 Å². The molecule has 1 amide bonds. The van der Waals surface area contributed by atoms with Crippen LogP contribution in [0, 0.1) is 0 Å². The first-order valence-corrected chi connectivity index (χ1v) is 4.82. The summed E-state index contributed by atoms with van der Waals surface area (Å²) in [4.78, 5) is 11.2. The molecule has 3 heteroatoms. The van der Waals surface area contributed by atoms with Crippen LogP contribution in [0.1, 0.15) is 19.3 Å². The monoisotopic (exact) mass is 169 g/mol. The molecule has 0 radical (unpaired) electrons. The van der Waals surface area contributed by atoms with Crippen LogP contribution in [0.15, 0.2) is 0 Å². The van der Waals surface area contributed by atoms with Crippen molar-refractivity contribution < 1.29 is 9.28 Å². The number of carbonyl (C=O) groups is 1. The largest absolute Gasteiger partial charge is 0.350 e. The first-order chi connectivity index (χ1) is 5.71. The summed E-state index contributed by atoms with van der Waals surface area (Å²) in [5.74, 6) is 0.253. The average Bonchev–Trinajstić information content (AvgIpc) is 2.27. The van der Waals surface area contributed by atoms with Crippen LogP contribution < -0.4 is 5.32 Å². The number of rotatable bonds is 0. The van der Waals surface area contributed by atoms with Crippen LogP contribution in [0.4, 0.5) is 0 Å². The molecule has 3 nitrogen and oxygen atoms in total. The zero-order chi connectivity index (χ0) is 8.60. The van der Waals surface area contributed by atoms with Crippen LogP contribution in [0.5, 0.6) is 0 Å². The molecular formula is C9H17N2O+. The van der Waals surface area contributed by atoms with Gasteiger partial charge in [0.05, 0.1) is 39.1 Å². The number of amides is 1. The van der Waals surface area contributed by atoms with Crippen LogP contribution in [-0.2, 0) is 4.79 Å². The molecule has 0 aromatic heterocycles. The lowest BCUT2D eigenvalue weighted by atomic mass is 10.1. The van der Waals surface area contributed by atoms with Crippen molar-refractivity contribution in [1.29, 1.82) is 0 Å². The molecule has 2 rings (SSSR count). The predicted octanol–water partition coefficient (Wildman–Crippen LogP) is 0.115. The van der Waals surface area contributed by atoms with Crippen molar-refractivity contribution in [2.75, 3.05) is 26.7 Å². The minimum absolute atomic E-state index is 0.253. The second-order valence-corrected chi connectivity index (χ2v) is 4.28. The van der Waals surface area contributed by atoms with Gasteiger partial charge in [0, 0.05) is 12.8 Å². The van der Waals surface area contributed by atoms with Crippen molar-refractivity contribution in [3.8, 4) is 0 Å². The van der Waals surface area contributed by atoms with Crippen molar-refractivity contribution in [3.63, 3.8) is 0 Å². The Bertz CT molecular complexity index is 205. The molecule has 0 spiro atoms. The highest BCUT2D eigenvalue weighted by molar-refractivity contribution is 5.76. The van der Waals surface area contributed by atoms with Crippen molar-refractivity contribution in [2.45, 2.75) is 25.3 Å². The standard InChI is InChI=1S/C9H16N2O/c1-11-5-2-3-8(11)7-9(12)10-4-6-11/h8H,2-7H2,1H3/p+1/t8-,11-/m0/s1. The Morgan fingerprint density at radius 2 is 2.33 bits per heavy atom. The fraction of sp³-hybridized carbons (Fsp3) is 0.889. The number of likely N-dealkylation sites (N-methyl/N-ethyl adjacent to an activating group) is 1. The Balaban J connectivity index is 2.15. The van der Waals surface area contributed by atoms with Gasteiger partial charge in [-0.25, -0.2) is 0 Å². The zero-order valence-corrected chi connectivity index (χ0v) is 7.68. The summed E-state index contributed by atoms with van der Waals surface area (Å²) >= 11 is 0. The van der Waals surface area contributed by atoms with Gasteiger partial charge in [-0.3, -0.25) is 4.79 Å². The molecule has 0 aromatic carbocycles. The number of nitrogens with one attached hydrogen (secondary N) is 1. The smallest absolute Gasteiger partial charge is 0.226 e. The number of hydrogen-bond donors (Lipinski definition) is 1. The van der Waals surface area contributed by atoms with Gasteiger partial charge in [-0.05, 0) is 0 Å². The molecular weight excluding hydrogens is 152 g/mol. The Morgan fingerprint density at radius 1 is 1.50 bits per heavy atom. The third-order valence-corrected chi connectivity index (χ3v) is 3.45. The minimum atomic E-state index is 0.253. The summed E-state index contributed by atoms with van der Waals surface area (Å²) in [5, 5.41) is 2.94. The number of nitrogens with zero attached hydrogens (tertiary/aromatic N) is 1. The lowest BCUT2D eigenvalue weighted by Gasteiger charge is -2.33. The summed E-state index contributed by atoms with van der Waals surface area (Å²) in [6.07, 6.45) is 3.29. The quantitative estimate of drug-likeness (QED) is 0.513. The molecule has 68 valence electrons. The summed E-state index contributed by atoms with van der Waals surface area (Å²) < 4.78 is 1.12. The lowest BCUT2D eigenvalue weighted by Crippen LogP contribution is -2.48. The van der Waals surface area contributed by atoms with E-state index < -0.39 is 0 Å². The number of fused-ring (bicyclic) bond motifs is 1. The molecule has 0 unspecified atom stereocenters. The third-order valence-electron chi connectivity index (χ3n) is 3.45. The maximum atomic E-state index is 11.2. The zero-order valence-electron chi connectivity index (χ0n) is 7.68. The molecule has 2 aliphatic rings. The van der Waals surface area contributed by atoms with Crippen molar-refractivity contribution in [2.24, 2.45) is 0 Å². The summed E-state index contributed by atoms with van der Waals surface area (Å²) in [7, 11) is 2.29. The van der Waals surface area contributed by atoms with Gasteiger partial charge in [0.15, 0.2) is 0 Å². The van der Waals surface area contributed by atoms with E-state index in [9.17, 15) is 4.79 Å². The van der Waals surface area contributed by atoms with E-state index in [2.05, 4.69) is 12.4 Å². The van der Waals surface area contributed by atoms with Gasteiger partial charge in [0.1, 0.15) is 0 Å². The maximum Gasteiger partial charge on any atom is 0.226 e. The Kier molecular flexibility index (Phi) is 1.83. The molecule has 0 aliphatic carbocycles. The van der Waals surface area contributed by atoms with Gasteiger partial charge in [-0.15, -0.1) is 0 Å². The normalized spacial score (nSPS) is 41.8. The van der Waals surface area contributed by atoms with E-state index in [0.717, 1.165) is 24.0 Å². The van der Waals surface area contributed by atoms with Gasteiger partial charge in [0.2, 0.25) is 5.91 Å². The van der Waals surface area contributed by atoms with Crippen LogP contribution >= 0.6 is 0 Å². The van der Waals surface area contributed by atoms with Gasteiger partial charge in [0.25, 0.3) is 0 Å². The fourth-order valence-electron chi connectivity index (χ4n) is 2.54. The van der Waals surface area contributed by atoms with E-state index >= 15 is 0 Å². The molecule has 0 bridgehead atoms. The van der Waals surface area contributed by atoms with E-state index in [0.29, 0.717) is 6.04 Å². The molecule has 0 aromatic rings. The Hall–Kier alpha value is -0.570. The molecule has 2 heterocycles. The Labute approximate surface area is 73.3 Å². The lowest BCUT2D eigenvalue weighted by molar-refractivity contribution is -0.918. The molecule has 0 saturated carbocycles. The van der Waals surface area contributed by atoms with Crippen LogP contribution in [0.25, 0.3) is 0 Å². The maximum absolute atomic E-state index is 11.2. The van der Waals surface area contributed by atoms with Crippen molar-refractivity contribution in [1.82, 2.24) is 5.32 Å². The molecule has 1 N–H and O–H groups in total. The van der Waals surface area contributed by atoms with Crippen LogP contribution in [0.3, 0.4) is 0 Å². The van der Waals surface area contributed by atoms with E-state index in [-0.39, 0.29) is 5.91 Å². The molecule has 2 aliphatic heterocycles.